The van der Waals surface area contributed by atoms with E-state index in [4.69, 9.17) is 34.3 Å². The molecule has 0 amide bonds. The Hall–Kier alpha value is -6.21. The van der Waals surface area contributed by atoms with Gasteiger partial charge in [0.1, 0.15) is 6.61 Å². The van der Waals surface area contributed by atoms with Crippen LogP contribution in [0.5, 0.6) is 11.5 Å². The number of rotatable bonds is 34. The van der Waals surface area contributed by atoms with Crippen LogP contribution in [0.1, 0.15) is 51.2 Å². The largest absolute Gasteiger partial charge is 0.504 e. The molecule has 0 saturated heterocycles. The number of ether oxygens (including phenoxy) is 1. The van der Waals surface area contributed by atoms with E-state index in [2.05, 4.69) is 50.6 Å². The van der Waals surface area contributed by atoms with Gasteiger partial charge in [0.15, 0.2) is 21.7 Å². The molecule has 0 saturated carbocycles. The van der Waals surface area contributed by atoms with Gasteiger partial charge in [0.05, 0.1) is 44.1 Å². The number of carboxylic acids is 5. The minimum Gasteiger partial charge on any atom is -0.504 e. The predicted octanol–water partition coefficient (Wildman–Crippen LogP) is 3.95. The van der Waals surface area contributed by atoms with Crippen LogP contribution in [0.4, 0.5) is 22.7 Å². The smallest absolute Gasteiger partial charge is 0.317 e. The number of phenolic OH excluding ortho intramolecular Hbond substituents is 1. The molecule has 23 heteroatoms. The van der Waals surface area contributed by atoms with Gasteiger partial charge in [0, 0.05) is 61.8 Å². The molecule has 0 radical (unpaired) electrons. The third kappa shape index (κ3) is 23.4. The highest BCUT2D eigenvalue weighted by Crippen LogP contribution is 2.36. The Bertz CT molecular complexity index is 2170. The molecule has 0 aliphatic heterocycles. The Kier molecular flexibility index (Phi) is 25.8. The van der Waals surface area contributed by atoms with Gasteiger partial charge in [-0.15, -0.1) is 0 Å². The third-order valence-electron chi connectivity index (χ3n) is 10.6. The van der Waals surface area contributed by atoms with Crippen molar-refractivity contribution < 1.29 is 59.3 Å². The standard InChI is InChI=1S/C47H67N9O12S2/c1-4-15-54(16-5-2)19-20-68-40-24-38(37(23-39(40)57)52-46(69)50-34-11-7-31(8-12-34)21-33(6-3)48-25-41(58)59)53-47(70)51-35-13-9-32(10-14-35)22-36(49-26-42(60)61)27-55(28-43(62)63)17-18-56(29-44(64)65)30-45(66)67/h7-14,23-24,33,36,48-49,57H,4-6,15-22,25-30H2,1-3H3,(H,58,59)(H,60,61)(H,62,63)(H,64,65)(H,66,67)(H2,50,52,69)(H2,51,53,70). The molecule has 0 aliphatic carbocycles. The number of thiocarbonyl (C=S) groups is 2. The number of nitrogens with zero attached hydrogens (tertiary/aromatic N) is 3. The summed E-state index contributed by atoms with van der Waals surface area (Å²) < 4.78 is 6.08. The second-order valence-corrected chi connectivity index (χ2v) is 17.3. The second kappa shape index (κ2) is 31.1. The van der Waals surface area contributed by atoms with Crippen LogP contribution in [0.25, 0.3) is 0 Å². The van der Waals surface area contributed by atoms with Gasteiger partial charge in [-0.05, 0) is 105 Å². The Morgan fingerprint density at radius 3 is 1.46 bits per heavy atom. The fourth-order valence-corrected chi connectivity index (χ4v) is 7.83. The third-order valence-corrected chi connectivity index (χ3v) is 11.0. The van der Waals surface area contributed by atoms with Gasteiger partial charge in [-0.25, -0.2) is 0 Å². The number of carboxylic acid groups (broad SMARTS) is 5. The van der Waals surface area contributed by atoms with E-state index in [-0.39, 0.29) is 60.4 Å². The van der Waals surface area contributed by atoms with E-state index in [0.717, 1.165) is 48.4 Å². The molecule has 12 N–H and O–H groups in total. The van der Waals surface area contributed by atoms with Gasteiger partial charge in [0.2, 0.25) is 0 Å². The van der Waals surface area contributed by atoms with Crippen molar-refractivity contribution in [3.8, 4) is 11.5 Å². The van der Waals surface area contributed by atoms with Gasteiger partial charge in [-0.2, -0.15) is 0 Å². The van der Waals surface area contributed by atoms with Gasteiger partial charge >= 0.3 is 29.8 Å². The van der Waals surface area contributed by atoms with E-state index in [0.29, 0.717) is 42.3 Å². The van der Waals surface area contributed by atoms with Gasteiger partial charge < -0.3 is 67.3 Å². The number of carbonyl (C=O) groups is 5. The lowest BCUT2D eigenvalue weighted by Gasteiger charge is -2.29. The van der Waals surface area contributed by atoms with Gasteiger partial charge in [0.25, 0.3) is 0 Å². The maximum absolute atomic E-state index is 11.8. The molecule has 21 nitrogen and oxygen atoms in total. The summed E-state index contributed by atoms with van der Waals surface area (Å²) in [5.74, 6) is -5.61. The lowest BCUT2D eigenvalue weighted by molar-refractivity contribution is -0.143. The Labute approximate surface area is 418 Å². The Morgan fingerprint density at radius 1 is 0.557 bits per heavy atom. The SMILES string of the molecule is CCCN(CCC)CCOc1cc(NC(=S)Nc2ccc(CC(CN(CCN(CC(=O)O)CC(=O)O)CC(=O)O)NCC(=O)O)cc2)c(NC(=S)Nc2ccc(CC(CC)NCC(=O)O)cc2)cc1O. The summed E-state index contributed by atoms with van der Waals surface area (Å²) in [4.78, 5) is 61.9. The van der Waals surface area contributed by atoms with Crippen LogP contribution in [0.3, 0.4) is 0 Å². The van der Waals surface area contributed by atoms with Crippen LogP contribution >= 0.6 is 24.4 Å². The number of anilines is 4. The summed E-state index contributed by atoms with van der Waals surface area (Å²) in [6, 6.07) is 17.2. The van der Waals surface area contributed by atoms with Crippen molar-refractivity contribution in [2.45, 2.75) is 65.0 Å². The van der Waals surface area contributed by atoms with Crippen LogP contribution in [-0.2, 0) is 36.8 Å². The zero-order chi connectivity index (χ0) is 51.6. The monoisotopic (exact) mass is 1010 g/mol. The minimum atomic E-state index is -1.24. The van der Waals surface area contributed by atoms with Gasteiger partial charge in [-0.1, -0.05) is 45.0 Å². The molecule has 0 spiro atoms. The zero-order valence-electron chi connectivity index (χ0n) is 39.7. The minimum absolute atomic E-state index is 0.00158. The quantitative estimate of drug-likeness (QED) is 0.0298. The fourth-order valence-electron chi connectivity index (χ4n) is 7.37. The maximum atomic E-state index is 11.8. The molecule has 384 valence electrons. The predicted molar refractivity (Wildman–Crippen MR) is 276 cm³/mol. The van der Waals surface area contributed by atoms with Crippen LogP contribution < -0.4 is 36.6 Å². The van der Waals surface area contributed by atoms with E-state index in [1.807, 2.05) is 31.2 Å². The first-order valence-corrected chi connectivity index (χ1v) is 23.7. The first-order chi connectivity index (χ1) is 33.3. The molecule has 3 aromatic carbocycles. The number of hydrogen-bond donors (Lipinski definition) is 12. The van der Waals surface area contributed by atoms with E-state index in [1.54, 1.807) is 30.3 Å². The molecule has 0 aliphatic rings. The molecule has 70 heavy (non-hydrogen) atoms. The van der Waals surface area contributed by atoms with Crippen molar-refractivity contribution in [2.24, 2.45) is 0 Å². The lowest BCUT2D eigenvalue weighted by atomic mass is 10.0. The summed E-state index contributed by atoms with van der Waals surface area (Å²) in [7, 11) is 0. The number of nitrogens with one attached hydrogen (secondary N) is 6. The van der Waals surface area contributed by atoms with Crippen LogP contribution in [0.15, 0.2) is 60.7 Å². The van der Waals surface area contributed by atoms with E-state index in [9.17, 15) is 49.5 Å². The van der Waals surface area contributed by atoms with Crippen LogP contribution in [0, 0.1) is 0 Å². The zero-order valence-corrected chi connectivity index (χ0v) is 41.4. The molecular weight excluding hydrogens is 947 g/mol. The topological polar surface area (TPSA) is 298 Å². The average Bonchev–Trinajstić information content (AvgIpc) is 3.28. The highest BCUT2D eigenvalue weighted by molar-refractivity contribution is 7.81. The Morgan fingerprint density at radius 2 is 1.00 bits per heavy atom. The van der Waals surface area contributed by atoms with Crippen LogP contribution in [0.2, 0.25) is 0 Å². The maximum Gasteiger partial charge on any atom is 0.317 e. The van der Waals surface area contributed by atoms with E-state index >= 15 is 0 Å². The molecule has 2 atom stereocenters. The van der Waals surface area contributed by atoms with Crippen molar-refractivity contribution in [3.63, 3.8) is 0 Å². The number of phenols is 1. The summed E-state index contributed by atoms with van der Waals surface area (Å²) in [6.45, 7) is 6.90. The number of aliphatic carboxylic acids is 5. The summed E-state index contributed by atoms with van der Waals surface area (Å²) in [6.07, 6.45) is 3.65. The molecule has 2 unspecified atom stereocenters. The first-order valence-electron chi connectivity index (χ1n) is 22.9. The second-order valence-electron chi connectivity index (χ2n) is 16.5. The summed E-state index contributed by atoms with van der Waals surface area (Å²) >= 11 is 11.4. The molecule has 0 heterocycles. The van der Waals surface area contributed by atoms with E-state index in [1.165, 1.54) is 11.0 Å². The lowest BCUT2D eigenvalue weighted by Crippen LogP contribution is -2.48. The molecule has 0 bridgehead atoms. The Balaban J connectivity index is 1.78. The highest BCUT2D eigenvalue weighted by Gasteiger charge is 2.21. The average molecular weight is 1010 g/mol. The van der Waals surface area contributed by atoms with Crippen molar-refractivity contribution in [1.82, 2.24) is 25.3 Å². The summed E-state index contributed by atoms with van der Waals surface area (Å²) in [5.41, 5.74) is 3.85. The summed E-state index contributed by atoms with van der Waals surface area (Å²) in [5, 5.41) is 76.6. The molecule has 3 rings (SSSR count). The number of benzene rings is 3. The molecule has 0 aromatic heterocycles. The highest BCUT2D eigenvalue weighted by atomic mass is 32.1. The van der Waals surface area contributed by atoms with Crippen molar-refractivity contribution in [3.05, 3.63) is 71.8 Å². The van der Waals surface area contributed by atoms with Gasteiger partial charge in [-0.3, -0.25) is 38.7 Å². The number of hydrogen-bond acceptors (Lipinski definition) is 14. The first kappa shape index (κ1) is 58.1. The van der Waals surface area contributed by atoms with Crippen molar-refractivity contribution in [1.29, 1.82) is 0 Å². The fraction of sp³-hybridized carbons (Fsp3) is 0.468. The van der Waals surface area contributed by atoms with E-state index < -0.39 is 62.1 Å². The molecular formula is C47H67N9O12S2. The van der Waals surface area contributed by atoms with Crippen molar-refractivity contribution >= 4 is 87.3 Å². The normalized spacial score (nSPS) is 12.0. The van der Waals surface area contributed by atoms with Crippen LogP contribution in [-0.4, -0.2) is 176 Å². The number of aromatic hydroxyl groups is 1. The molecule has 0 fully saturated rings. The van der Waals surface area contributed by atoms with Crippen molar-refractivity contribution in [2.75, 3.05) is 99.9 Å². The molecule has 3 aromatic rings.